The van der Waals surface area contributed by atoms with Crippen LogP contribution in [0.15, 0.2) is 16.3 Å². The van der Waals surface area contributed by atoms with Crippen LogP contribution >= 0.6 is 11.8 Å². The van der Waals surface area contributed by atoms with E-state index >= 15 is 0 Å². The maximum Gasteiger partial charge on any atom is 0.250 e. The van der Waals surface area contributed by atoms with Crippen molar-refractivity contribution in [3.63, 3.8) is 0 Å². The van der Waals surface area contributed by atoms with Gasteiger partial charge in [-0.05, 0) is 20.8 Å². The van der Waals surface area contributed by atoms with Gasteiger partial charge in [-0.15, -0.1) is 0 Å². The Labute approximate surface area is 117 Å². The normalized spacial score (nSPS) is 9.95. The zero-order valence-electron chi connectivity index (χ0n) is 11.9. The van der Waals surface area contributed by atoms with Crippen LogP contribution in [0.25, 0.3) is 0 Å². The molecule has 0 aliphatic carbocycles. The fourth-order valence-electron chi connectivity index (χ4n) is 1.16. The highest BCUT2D eigenvalue weighted by atomic mass is 32.2. The molecular formula is C12H19N5OS. The van der Waals surface area contributed by atoms with Crippen LogP contribution in [0, 0.1) is 6.92 Å². The lowest BCUT2D eigenvalue weighted by molar-refractivity contribution is -0.118. The molecule has 7 heteroatoms. The molecular weight excluding hydrogens is 262 g/mol. The van der Waals surface area contributed by atoms with Gasteiger partial charge in [0.1, 0.15) is 5.82 Å². The highest BCUT2D eigenvalue weighted by molar-refractivity contribution is 7.99. The van der Waals surface area contributed by atoms with E-state index in [4.69, 9.17) is 0 Å². The first-order chi connectivity index (χ1) is 8.88. The van der Waals surface area contributed by atoms with E-state index in [-0.39, 0.29) is 11.7 Å². The van der Waals surface area contributed by atoms with E-state index in [1.54, 1.807) is 0 Å². The second-order valence-corrected chi connectivity index (χ2v) is 5.37. The van der Waals surface area contributed by atoms with Gasteiger partial charge in [-0.25, -0.2) is 15.4 Å². The fourth-order valence-corrected chi connectivity index (χ4v) is 1.85. The maximum absolute atomic E-state index is 11.5. The molecule has 0 saturated carbocycles. The number of rotatable bonds is 5. The molecule has 0 unspecified atom stereocenters. The summed E-state index contributed by atoms with van der Waals surface area (Å²) >= 11 is 1.30. The number of carbonyl (C=O) groups is 1. The van der Waals surface area contributed by atoms with Crippen LogP contribution in [-0.4, -0.2) is 41.4 Å². The zero-order valence-corrected chi connectivity index (χ0v) is 12.7. The molecule has 1 aromatic heterocycles. The van der Waals surface area contributed by atoms with Crippen molar-refractivity contribution in [2.75, 3.05) is 24.7 Å². The van der Waals surface area contributed by atoms with Gasteiger partial charge in [0.2, 0.25) is 0 Å². The Morgan fingerprint density at radius 3 is 2.68 bits per heavy atom. The predicted octanol–water partition coefficient (Wildman–Crippen LogP) is 1.46. The van der Waals surface area contributed by atoms with Gasteiger partial charge in [-0.2, -0.15) is 5.10 Å². The van der Waals surface area contributed by atoms with Crippen molar-refractivity contribution in [3.05, 3.63) is 11.8 Å². The van der Waals surface area contributed by atoms with Crippen LogP contribution in [0.4, 0.5) is 5.82 Å². The van der Waals surface area contributed by atoms with Crippen LogP contribution in [0.1, 0.15) is 19.5 Å². The van der Waals surface area contributed by atoms with E-state index < -0.39 is 0 Å². The van der Waals surface area contributed by atoms with E-state index in [0.717, 1.165) is 17.2 Å². The van der Waals surface area contributed by atoms with Gasteiger partial charge in [0.25, 0.3) is 5.91 Å². The summed E-state index contributed by atoms with van der Waals surface area (Å²) in [5, 5.41) is 4.45. The number of nitrogens with one attached hydrogen (secondary N) is 1. The van der Waals surface area contributed by atoms with Crippen molar-refractivity contribution < 1.29 is 4.79 Å². The third-order valence-electron chi connectivity index (χ3n) is 2.01. The number of anilines is 1. The number of aromatic nitrogens is 2. The summed E-state index contributed by atoms with van der Waals surface area (Å²) in [5.74, 6) is 0.910. The van der Waals surface area contributed by atoms with Gasteiger partial charge in [0.15, 0.2) is 5.16 Å². The summed E-state index contributed by atoms with van der Waals surface area (Å²) in [6.07, 6.45) is 0. The van der Waals surface area contributed by atoms with Crippen LogP contribution in [-0.2, 0) is 4.79 Å². The Balaban J connectivity index is 2.62. The lowest BCUT2D eigenvalue weighted by atomic mass is 10.4. The first-order valence-corrected chi connectivity index (χ1v) is 6.82. The zero-order chi connectivity index (χ0) is 14.4. The molecule has 6 nitrogen and oxygen atoms in total. The summed E-state index contributed by atoms with van der Waals surface area (Å²) in [4.78, 5) is 22.1. The van der Waals surface area contributed by atoms with Crippen molar-refractivity contribution in [1.29, 1.82) is 0 Å². The second kappa shape index (κ2) is 7.08. The number of amides is 1. The number of hydrazone groups is 1. The van der Waals surface area contributed by atoms with Gasteiger partial charge in [0, 0.05) is 31.6 Å². The topological polar surface area (TPSA) is 70.5 Å². The highest BCUT2D eigenvalue weighted by Gasteiger charge is 2.07. The highest BCUT2D eigenvalue weighted by Crippen LogP contribution is 2.17. The molecule has 1 heterocycles. The summed E-state index contributed by atoms with van der Waals surface area (Å²) in [5.41, 5.74) is 4.15. The molecule has 0 fully saturated rings. The predicted molar refractivity (Wildman–Crippen MR) is 78.7 cm³/mol. The molecule has 1 rings (SSSR count). The molecule has 0 spiro atoms. The molecule has 1 N–H and O–H groups in total. The van der Waals surface area contributed by atoms with Crippen molar-refractivity contribution in [2.24, 2.45) is 5.10 Å². The van der Waals surface area contributed by atoms with Crippen molar-refractivity contribution in [2.45, 2.75) is 25.9 Å². The van der Waals surface area contributed by atoms with Gasteiger partial charge in [-0.1, -0.05) is 11.8 Å². The number of thioether (sulfide) groups is 1. The van der Waals surface area contributed by atoms with Gasteiger partial charge < -0.3 is 4.90 Å². The van der Waals surface area contributed by atoms with Crippen LogP contribution < -0.4 is 10.3 Å². The van der Waals surface area contributed by atoms with E-state index in [1.165, 1.54) is 11.8 Å². The Morgan fingerprint density at radius 1 is 1.42 bits per heavy atom. The number of aryl methyl sites for hydroxylation is 1. The quantitative estimate of drug-likeness (QED) is 0.383. The monoisotopic (exact) mass is 281 g/mol. The number of nitrogens with zero attached hydrogens (tertiary/aromatic N) is 4. The van der Waals surface area contributed by atoms with E-state index in [0.29, 0.717) is 5.16 Å². The molecule has 0 saturated heterocycles. The minimum Gasteiger partial charge on any atom is -0.363 e. The molecule has 19 heavy (non-hydrogen) atoms. The van der Waals surface area contributed by atoms with Crippen molar-refractivity contribution >= 4 is 29.2 Å². The SMILES string of the molecule is CC(C)=NNC(=O)CSc1nc(C)cc(N(C)C)n1. The Bertz CT molecular complexity index is 483. The standard InChI is InChI=1S/C12H19N5OS/c1-8(2)15-16-11(18)7-19-12-13-9(3)6-10(14-12)17(4)5/h6H,7H2,1-5H3,(H,16,18). The average Bonchev–Trinajstić information content (AvgIpc) is 2.33. The first kappa shape index (κ1) is 15.4. The summed E-state index contributed by atoms with van der Waals surface area (Å²) in [7, 11) is 3.84. The van der Waals surface area contributed by atoms with E-state index in [2.05, 4.69) is 20.5 Å². The first-order valence-electron chi connectivity index (χ1n) is 5.84. The third-order valence-corrected chi connectivity index (χ3v) is 2.86. The molecule has 0 atom stereocenters. The lowest BCUT2D eigenvalue weighted by Gasteiger charge is -2.12. The molecule has 0 aliphatic heterocycles. The number of carbonyl (C=O) groups excluding carboxylic acids is 1. The molecule has 0 aliphatic rings. The maximum atomic E-state index is 11.5. The fraction of sp³-hybridized carbons (Fsp3) is 0.500. The van der Waals surface area contributed by atoms with Gasteiger partial charge in [-0.3, -0.25) is 4.79 Å². The minimum absolute atomic E-state index is 0.164. The third kappa shape index (κ3) is 5.69. The Kier molecular flexibility index (Phi) is 5.75. The summed E-state index contributed by atoms with van der Waals surface area (Å²) < 4.78 is 0. The van der Waals surface area contributed by atoms with Crippen LogP contribution in [0.3, 0.4) is 0 Å². The molecule has 0 bridgehead atoms. The van der Waals surface area contributed by atoms with Crippen LogP contribution in [0.2, 0.25) is 0 Å². The Hall–Kier alpha value is -1.63. The van der Waals surface area contributed by atoms with Gasteiger partial charge >= 0.3 is 0 Å². The number of hydrogen-bond acceptors (Lipinski definition) is 6. The molecule has 1 amide bonds. The van der Waals surface area contributed by atoms with E-state index in [9.17, 15) is 4.79 Å². The largest absolute Gasteiger partial charge is 0.363 e. The molecule has 0 radical (unpaired) electrons. The van der Waals surface area contributed by atoms with Crippen molar-refractivity contribution in [1.82, 2.24) is 15.4 Å². The molecule has 0 aromatic carbocycles. The number of hydrogen-bond donors (Lipinski definition) is 1. The smallest absolute Gasteiger partial charge is 0.250 e. The van der Waals surface area contributed by atoms with Crippen LogP contribution in [0.5, 0.6) is 0 Å². The van der Waals surface area contributed by atoms with Gasteiger partial charge in [0.05, 0.1) is 5.75 Å². The minimum atomic E-state index is -0.164. The Morgan fingerprint density at radius 2 is 2.11 bits per heavy atom. The average molecular weight is 281 g/mol. The summed E-state index contributed by atoms with van der Waals surface area (Å²) in [6, 6.07) is 1.90. The molecule has 1 aromatic rings. The molecule has 104 valence electrons. The van der Waals surface area contributed by atoms with Crippen molar-refractivity contribution in [3.8, 4) is 0 Å². The summed E-state index contributed by atoms with van der Waals surface area (Å²) in [6.45, 7) is 5.55. The van der Waals surface area contributed by atoms with E-state index in [1.807, 2.05) is 45.8 Å². The lowest BCUT2D eigenvalue weighted by Crippen LogP contribution is -2.20. The second-order valence-electron chi connectivity index (χ2n) is 4.43.